The highest BCUT2D eigenvalue weighted by atomic mass is 32.1. The molecule has 12 nitrogen and oxygen atoms in total. The Morgan fingerprint density at radius 3 is 2.67 bits per heavy atom. The minimum atomic E-state index is -0.499. The van der Waals surface area contributed by atoms with Gasteiger partial charge in [0.2, 0.25) is 5.95 Å². The lowest BCUT2D eigenvalue weighted by Crippen LogP contribution is -2.34. The van der Waals surface area contributed by atoms with Gasteiger partial charge in [0.1, 0.15) is 31.1 Å². The zero-order valence-corrected chi connectivity index (χ0v) is 18.3. The van der Waals surface area contributed by atoms with Gasteiger partial charge in [-0.15, -0.1) is 16.4 Å². The van der Waals surface area contributed by atoms with Crippen LogP contribution in [-0.4, -0.2) is 39.3 Å². The maximum absolute atomic E-state index is 10.8. The van der Waals surface area contributed by atoms with Crippen molar-refractivity contribution in [3.05, 3.63) is 62.9 Å². The molecule has 0 bridgehead atoms. The second-order valence-corrected chi connectivity index (χ2v) is 8.13. The summed E-state index contributed by atoms with van der Waals surface area (Å²) in [4.78, 5) is 25.3. The topological polar surface area (TPSA) is 155 Å². The zero-order valence-electron chi connectivity index (χ0n) is 17.5. The number of thiazole rings is 1. The van der Waals surface area contributed by atoms with Crippen molar-refractivity contribution in [2.45, 2.75) is 25.4 Å². The lowest BCUT2D eigenvalue weighted by Gasteiger charge is -2.30. The fourth-order valence-electron chi connectivity index (χ4n) is 3.41. The minimum absolute atomic E-state index is 0.107. The normalized spacial score (nSPS) is 14.4. The van der Waals surface area contributed by atoms with E-state index in [1.807, 2.05) is 34.5 Å². The van der Waals surface area contributed by atoms with Crippen molar-refractivity contribution < 1.29 is 9.66 Å². The molecule has 0 atom stereocenters. The Labute approximate surface area is 193 Å². The van der Waals surface area contributed by atoms with Crippen molar-refractivity contribution in [2.24, 2.45) is 10.3 Å². The fourth-order valence-corrected chi connectivity index (χ4v) is 4.39. The van der Waals surface area contributed by atoms with Gasteiger partial charge in [-0.05, 0) is 37.1 Å². The van der Waals surface area contributed by atoms with E-state index in [1.165, 1.54) is 18.7 Å². The largest absolute Gasteiger partial charge is 0.487 e. The molecule has 0 unspecified atom stereocenters. The van der Waals surface area contributed by atoms with Gasteiger partial charge >= 0.3 is 5.69 Å². The first-order chi connectivity index (χ1) is 16.1. The van der Waals surface area contributed by atoms with Crippen molar-refractivity contribution >= 4 is 35.0 Å². The van der Waals surface area contributed by atoms with Gasteiger partial charge in [0.15, 0.2) is 0 Å². The van der Waals surface area contributed by atoms with Crippen molar-refractivity contribution in [2.75, 3.05) is 23.3 Å². The number of hydrogen-bond donors (Lipinski definition) is 2. The van der Waals surface area contributed by atoms with Gasteiger partial charge in [-0.1, -0.05) is 5.22 Å². The maximum atomic E-state index is 10.8. The molecule has 170 valence electrons. The molecule has 0 saturated carbocycles. The van der Waals surface area contributed by atoms with Crippen LogP contribution in [0.4, 0.5) is 17.3 Å². The second kappa shape index (κ2) is 10.5. The van der Waals surface area contributed by atoms with Crippen LogP contribution in [0.25, 0.3) is 0 Å². The third kappa shape index (κ3) is 5.83. The summed E-state index contributed by atoms with van der Waals surface area (Å²) in [6.45, 7) is 1.93. The highest BCUT2D eigenvalue weighted by molar-refractivity contribution is 7.09. The summed E-state index contributed by atoms with van der Waals surface area (Å²) in [5.41, 5.74) is 8.21. The number of nitrogens with zero attached hydrogens (tertiary/aromatic N) is 7. The number of aromatic nitrogens is 3. The van der Waals surface area contributed by atoms with Gasteiger partial charge in [0.25, 0.3) is 0 Å². The minimum Gasteiger partial charge on any atom is -0.487 e. The van der Waals surface area contributed by atoms with Crippen LogP contribution in [0.1, 0.15) is 29.5 Å². The predicted molar refractivity (Wildman–Crippen MR) is 123 cm³/mol. The van der Waals surface area contributed by atoms with Gasteiger partial charge in [-0.2, -0.15) is 5.53 Å². The zero-order chi connectivity index (χ0) is 23.0. The Bertz CT molecular complexity index is 1110. The molecule has 0 aliphatic carbocycles. The van der Waals surface area contributed by atoms with Gasteiger partial charge in [-0.25, -0.2) is 15.0 Å². The molecule has 1 aliphatic heterocycles. The molecule has 3 aromatic rings. The summed E-state index contributed by atoms with van der Waals surface area (Å²) < 4.78 is 5.84. The first kappa shape index (κ1) is 22.2. The summed E-state index contributed by atoms with van der Waals surface area (Å²) in [6, 6.07) is 7.38. The van der Waals surface area contributed by atoms with Crippen LogP contribution in [0.5, 0.6) is 5.75 Å². The Hall–Kier alpha value is -4.00. The number of anilines is 2. The molecule has 0 amide bonds. The number of ether oxygens (including phenoxy) is 1. The van der Waals surface area contributed by atoms with E-state index in [-0.39, 0.29) is 5.69 Å². The van der Waals surface area contributed by atoms with Gasteiger partial charge < -0.3 is 15.0 Å². The molecule has 1 saturated heterocycles. The number of piperidine rings is 1. The average molecular weight is 468 g/mol. The molecule has 2 N–H and O–H groups in total. The Morgan fingerprint density at radius 1 is 1.27 bits per heavy atom. The van der Waals surface area contributed by atoms with E-state index in [9.17, 15) is 10.1 Å². The molecular formula is C20H21N9O3S. The monoisotopic (exact) mass is 467 g/mol. The Balaban J connectivity index is 1.26. The van der Waals surface area contributed by atoms with Gasteiger partial charge in [0.05, 0.1) is 15.6 Å². The SMILES string of the molecule is N=N/N=C\Nc1ccc(OCc2csc(C3CCN(c4ncc([N+](=O)[O-])cn4)CC3)n2)cc1. The van der Waals surface area contributed by atoms with E-state index in [4.69, 9.17) is 15.3 Å². The average Bonchev–Trinajstić information content (AvgIpc) is 3.33. The smallest absolute Gasteiger partial charge is 0.305 e. The van der Waals surface area contributed by atoms with Crippen LogP contribution in [0, 0.1) is 15.6 Å². The van der Waals surface area contributed by atoms with E-state index in [0.29, 0.717) is 18.5 Å². The van der Waals surface area contributed by atoms with Crippen molar-refractivity contribution in [1.29, 1.82) is 5.53 Å². The number of benzene rings is 1. The number of nitrogens with one attached hydrogen (secondary N) is 2. The number of rotatable bonds is 9. The molecule has 1 aromatic carbocycles. The molecule has 3 heterocycles. The molecular weight excluding hydrogens is 446 g/mol. The van der Waals surface area contributed by atoms with Crippen LogP contribution < -0.4 is 15.0 Å². The summed E-state index contributed by atoms with van der Waals surface area (Å²) >= 11 is 1.64. The van der Waals surface area contributed by atoms with E-state index in [1.54, 1.807) is 11.3 Å². The standard InChI is InChI=1S/C20H21N9O3S/c21-27-25-13-24-15-1-3-18(4-2-15)32-11-16-12-33-19(26-16)14-5-7-28(8-6-14)20-22-9-17(10-23-20)29(30)31/h1-4,9-10,12-14H,5-8,11H2,(H2,21,24,25). The number of nitro groups is 1. The predicted octanol–water partition coefficient (Wildman–Crippen LogP) is 4.19. The number of hydrogen-bond acceptors (Lipinski definition) is 10. The highest BCUT2D eigenvalue weighted by Gasteiger charge is 2.24. The van der Waals surface area contributed by atoms with Crippen LogP contribution in [0.3, 0.4) is 0 Å². The van der Waals surface area contributed by atoms with Crippen molar-refractivity contribution in [3.8, 4) is 5.75 Å². The lowest BCUT2D eigenvalue weighted by atomic mass is 9.98. The molecule has 1 aliphatic rings. The summed E-state index contributed by atoms with van der Waals surface area (Å²) in [7, 11) is 0. The quantitative estimate of drug-likeness (QED) is 0.156. The van der Waals surface area contributed by atoms with Crippen molar-refractivity contribution in [1.82, 2.24) is 15.0 Å². The van der Waals surface area contributed by atoms with Crippen LogP contribution in [0.15, 0.2) is 52.4 Å². The molecule has 33 heavy (non-hydrogen) atoms. The highest BCUT2D eigenvalue weighted by Crippen LogP contribution is 2.31. The van der Waals surface area contributed by atoms with Gasteiger partial charge in [0, 0.05) is 30.1 Å². The summed E-state index contributed by atoms with van der Waals surface area (Å²) in [5.74, 6) is 1.61. The molecule has 1 fully saturated rings. The fraction of sp³-hybridized carbons (Fsp3) is 0.300. The third-order valence-corrected chi connectivity index (χ3v) is 6.18. The maximum Gasteiger partial charge on any atom is 0.305 e. The first-order valence-electron chi connectivity index (χ1n) is 10.2. The van der Waals surface area contributed by atoms with Gasteiger partial charge in [-0.3, -0.25) is 10.1 Å². The molecule has 0 radical (unpaired) electrons. The van der Waals surface area contributed by atoms with E-state index in [2.05, 4.69) is 25.6 Å². The summed E-state index contributed by atoms with van der Waals surface area (Å²) in [6.07, 6.45) is 5.66. The second-order valence-electron chi connectivity index (χ2n) is 7.24. The van der Waals surface area contributed by atoms with E-state index >= 15 is 0 Å². The Kier molecular flexibility index (Phi) is 7.09. The Morgan fingerprint density at radius 2 is 2.00 bits per heavy atom. The summed E-state index contributed by atoms with van der Waals surface area (Å²) in [5, 5.41) is 23.1. The molecule has 13 heteroatoms. The van der Waals surface area contributed by atoms with Crippen LogP contribution in [-0.2, 0) is 6.61 Å². The van der Waals surface area contributed by atoms with Crippen LogP contribution >= 0.6 is 11.3 Å². The van der Waals surface area contributed by atoms with E-state index < -0.39 is 4.92 Å². The van der Waals surface area contributed by atoms with Crippen molar-refractivity contribution in [3.63, 3.8) is 0 Å². The lowest BCUT2D eigenvalue weighted by molar-refractivity contribution is -0.385. The first-order valence-corrected chi connectivity index (χ1v) is 11.0. The third-order valence-electron chi connectivity index (χ3n) is 5.12. The molecule has 4 rings (SSSR count). The molecule has 0 spiro atoms. The van der Waals surface area contributed by atoms with Crippen LogP contribution in [0.2, 0.25) is 0 Å². The molecule has 2 aromatic heterocycles. The van der Waals surface area contributed by atoms with E-state index in [0.717, 1.165) is 48.1 Å².